The van der Waals surface area contributed by atoms with Crippen LogP contribution in [0.4, 0.5) is 0 Å². The maximum atomic E-state index is 5.54. The molecule has 0 N–H and O–H groups in total. The first-order chi connectivity index (χ1) is 28.3. The largest absolute Gasteiger partial charge is 0.228 e. The third kappa shape index (κ3) is 5.14. The Labute approximate surface area is 339 Å². The van der Waals surface area contributed by atoms with Gasteiger partial charge >= 0.3 is 0 Å². The first-order valence-electron chi connectivity index (χ1n) is 20.1. The van der Waals surface area contributed by atoms with E-state index in [1.54, 1.807) is 0 Å². The first kappa shape index (κ1) is 34.2. The second-order valence-corrected chi connectivity index (χ2v) is 16.6. The quantitative estimate of drug-likeness (QED) is 0.176. The van der Waals surface area contributed by atoms with E-state index < -0.39 is 0 Å². The second-order valence-electron chi connectivity index (χ2n) is 16.6. The van der Waals surface area contributed by atoms with Crippen molar-refractivity contribution in [3.8, 4) is 78.8 Å². The van der Waals surface area contributed by atoms with Crippen LogP contribution in [0.5, 0.6) is 0 Å². The van der Waals surface area contributed by atoms with Gasteiger partial charge in [-0.15, -0.1) is 0 Å². The topological polar surface area (TPSA) is 51.6 Å². The summed E-state index contributed by atoms with van der Waals surface area (Å²) in [5.74, 6) is 1.39. The molecule has 0 saturated heterocycles. The van der Waals surface area contributed by atoms with Gasteiger partial charge in [-0.1, -0.05) is 179 Å². The summed E-state index contributed by atoms with van der Waals surface area (Å²) in [5.41, 5.74) is 18.6. The van der Waals surface area contributed by atoms with E-state index in [9.17, 15) is 0 Å². The Morgan fingerprint density at radius 2 is 0.862 bits per heavy atom. The summed E-state index contributed by atoms with van der Waals surface area (Å²) < 4.78 is 0. The van der Waals surface area contributed by atoms with E-state index in [0.717, 1.165) is 61.6 Å². The summed E-state index contributed by atoms with van der Waals surface area (Å²) in [4.78, 5) is 21.3. The third-order valence-electron chi connectivity index (χ3n) is 12.5. The van der Waals surface area contributed by atoms with Crippen LogP contribution in [0.25, 0.3) is 89.7 Å². The van der Waals surface area contributed by atoms with Gasteiger partial charge in [0.25, 0.3) is 0 Å². The number of rotatable bonds is 5. The minimum absolute atomic E-state index is 0.213. The smallest absolute Gasteiger partial charge is 0.160 e. The first-order valence-corrected chi connectivity index (χ1v) is 20.1. The second kappa shape index (κ2) is 12.7. The van der Waals surface area contributed by atoms with Gasteiger partial charge in [0.15, 0.2) is 11.6 Å². The Balaban J connectivity index is 1.13. The van der Waals surface area contributed by atoms with Crippen molar-refractivity contribution in [3.05, 3.63) is 192 Å². The lowest BCUT2D eigenvalue weighted by Gasteiger charge is -2.25. The molecule has 11 rings (SSSR count). The van der Waals surface area contributed by atoms with Crippen LogP contribution in [-0.2, 0) is 10.8 Å². The summed E-state index contributed by atoms with van der Waals surface area (Å²) in [6, 6.07) is 60.2. The highest BCUT2D eigenvalue weighted by Gasteiger charge is 2.39. The Hall–Kier alpha value is -7.04. The van der Waals surface area contributed by atoms with Gasteiger partial charge in [-0.3, -0.25) is 0 Å². The van der Waals surface area contributed by atoms with Gasteiger partial charge in [0, 0.05) is 44.0 Å². The van der Waals surface area contributed by atoms with E-state index in [0.29, 0.717) is 5.82 Å². The summed E-state index contributed by atoms with van der Waals surface area (Å²) in [5, 5.41) is 1.03. The number of fused-ring (bicyclic) bond motifs is 7. The van der Waals surface area contributed by atoms with Crippen LogP contribution in [0.3, 0.4) is 0 Å². The molecule has 0 atom stereocenters. The van der Waals surface area contributed by atoms with Crippen molar-refractivity contribution in [1.82, 2.24) is 19.9 Å². The summed E-state index contributed by atoms with van der Waals surface area (Å²) in [6.07, 6.45) is 0. The lowest BCUT2D eigenvalue weighted by molar-refractivity contribution is 0.661. The molecule has 0 unspecified atom stereocenters. The predicted molar refractivity (Wildman–Crippen MR) is 237 cm³/mol. The van der Waals surface area contributed by atoms with Crippen molar-refractivity contribution in [2.24, 2.45) is 0 Å². The van der Waals surface area contributed by atoms with E-state index in [1.807, 2.05) is 18.2 Å². The standard InChI is InChI=1S/C54H40N4/c1-53(2)43-28-11-8-21-36(43)38-24-15-26-40(48(38)53)47-32-46(56-52(57-47)42-27-16-25-39-37-22-9-12-29-44(37)54(3,4)49(39)42)34-19-14-20-35(31-34)51-55-45-30-13-10-23-41(45)50(58-51)33-17-6-5-7-18-33/h5-32H,1-4H3. The van der Waals surface area contributed by atoms with Gasteiger partial charge in [-0.2, -0.15) is 0 Å². The molecule has 2 aliphatic rings. The molecule has 0 radical (unpaired) electrons. The van der Waals surface area contributed by atoms with E-state index in [2.05, 4.69) is 179 Å². The average molecular weight is 745 g/mol. The number of aromatic nitrogens is 4. The maximum absolute atomic E-state index is 5.54. The van der Waals surface area contributed by atoms with Crippen molar-refractivity contribution >= 4 is 10.9 Å². The zero-order chi connectivity index (χ0) is 39.2. The maximum Gasteiger partial charge on any atom is 0.160 e. The van der Waals surface area contributed by atoms with Gasteiger partial charge in [-0.05, 0) is 62.7 Å². The fraction of sp³-hybridized carbons (Fsp3) is 0.111. The fourth-order valence-electron chi connectivity index (χ4n) is 9.79. The number of para-hydroxylation sites is 1. The summed E-state index contributed by atoms with van der Waals surface area (Å²) >= 11 is 0. The third-order valence-corrected chi connectivity index (χ3v) is 12.5. The highest BCUT2D eigenvalue weighted by Crippen LogP contribution is 2.54. The molecular weight excluding hydrogens is 705 g/mol. The normalized spacial score (nSPS) is 14.1. The van der Waals surface area contributed by atoms with Crippen LogP contribution >= 0.6 is 0 Å². The number of hydrogen-bond donors (Lipinski definition) is 0. The van der Waals surface area contributed by atoms with Crippen molar-refractivity contribution < 1.29 is 0 Å². The molecule has 2 aromatic heterocycles. The Bertz CT molecular complexity index is 3000. The van der Waals surface area contributed by atoms with Crippen LogP contribution in [0.1, 0.15) is 49.9 Å². The highest BCUT2D eigenvalue weighted by molar-refractivity contribution is 5.94. The molecule has 2 aliphatic carbocycles. The minimum Gasteiger partial charge on any atom is -0.228 e. The molecule has 0 fully saturated rings. The Morgan fingerprint density at radius 1 is 0.345 bits per heavy atom. The lowest BCUT2D eigenvalue weighted by atomic mass is 9.79. The van der Waals surface area contributed by atoms with E-state index in [-0.39, 0.29) is 10.8 Å². The molecule has 9 aromatic rings. The van der Waals surface area contributed by atoms with Gasteiger partial charge in [-0.25, -0.2) is 19.9 Å². The van der Waals surface area contributed by atoms with Gasteiger partial charge < -0.3 is 0 Å². The van der Waals surface area contributed by atoms with Gasteiger partial charge in [0.05, 0.1) is 22.6 Å². The van der Waals surface area contributed by atoms with Crippen molar-refractivity contribution in [3.63, 3.8) is 0 Å². The number of benzene rings is 7. The van der Waals surface area contributed by atoms with Crippen molar-refractivity contribution in [2.45, 2.75) is 38.5 Å². The van der Waals surface area contributed by atoms with Crippen LogP contribution in [-0.4, -0.2) is 19.9 Å². The summed E-state index contributed by atoms with van der Waals surface area (Å²) in [7, 11) is 0. The van der Waals surface area contributed by atoms with Crippen LogP contribution in [0.2, 0.25) is 0 Å². The molecule has 2 heterocycles. The minimum atomic E-state index is -0.233. The molecule has 0 aliphatic heterocycles. The highest BCUT2D eigenvalue weighted by atomic mass is 14.9. The Kier molecular flexibility index (Phi) is 7.52. The monoisotopic (exact) mass is 744 g/mol. The van der Waals surface area contributed by atoms with Gasteiger partial charge in [0.1, 0.15) is 0 Å². The molecule has 58 heavy (non-hydrogen) atoms. The van der Waals surface area contributed by atoms with E-state index in [1.165, 1.54) is 44.5 Å². The average Bonchev–Trinajstić information content (AvgIpc) is 3.66. The molecule has 0 spiro atoms. The van der Waals surface area contributed by atoms with Gasteiger partial charge in [0.2, 0.25) is 0 Å². The molecule has 0 bridgehead atoms. The zero-order valence-electron chi connectivity index (χ0n) is 33.0. The van der Waals surface area contributed by atoms with Crippen LogP contribution < -0.4 is 0 Å². The fourth-order valence-corrected chi connectivity index (χ4v) is 9.79. The molecule has 0 saturated carbocycles. The SMILES string of the molecule is CC1(C)c2ccccc2-c2cccc(-c3cc(-c4cccc(-c5nc(-c6ccccc6)c6ccccc6n5)c4)nc(-c4cccc5c4C(C)(C)c4ccccc4-5)n3)c21. The Morgan fingerprint density at radius 3 is 1.59 bits per heavy atom. The molecule has 4 nitrogen and oxygen atoms in total. The van der Waals surface area contributed by atoms with Crippen molar-refractivity contribution in [1.29, 1.82) is 0 Å². The molecule has 0 amide bonds. The van der Waals surface area contributed by atoms with Crippen LogP contribution in [0, 0.1) is 0 Å². The molecular formula is C54H40N4. The molecule has 4 heteroatoms. The molecule has 7 aromatic carbocycles. The van der Waals surface area contributed by atoms with E-state index >= 15 is 0 Å². The van der Waals surface area contributed by atoms with Crippen LogP contribution in [0.15, 0.2) is 170 Å². The van der Waals surface area contributed by atoms with E-state index in [4.69, 9.17) is 19.9 Å². The summed E-state index contributed by atoms with van der Waals surface area (Å²) in [6.45, 7) is 9.33. The zero-order valence-corrected chi connectivity index (χ0v) is 33.0. The lowest BCUT2D eigenvalue weighted by Crippen LogP contribution is -2.17. The number of hydrogen-bond acceptors (Lipinski definition) is 4. The number of nitrogens with zero attached hydrogens (tertiary/aromatic N) is 4. The van der Waals surface area contributed by atoms with Crippen molar-refractivity contribution in [2.75, 3.05) is 0 Å². The molecule has 276 valence electrons. The predicted octanol–water partition coefficient (Wildman–Crippen LogP) is 13.4.